The molecule has 94 valence electrons. The van der Waals surface area contributed by atoms with Crippen LogP contribution in [-0.2, 0) is 4.74 Å². The summed E-state index contributed by atoms with van der Waals surface area (Å²) in [6.45, 7) is 0. The molecule has 1 heterocycles. The molecule has 3 rings (SSSR count). The highest BCUT2D eigenvalue weighted by molar-refractivity contribution is 6.05. The third-order valence-electron chi connectivity index (χ3n) is 3.01. The third-order valence-corrected chi connectivity index (χ3v) is 3.01. The maximum Gasteiger partial charge on any atom is 0.344 e. The molecule has 0 bridgehead atoms. The van der Waals surface area contributed by atoms with Crippen molar-refractivity contribution in [2.75, 3.05) is 7.11 Å². The van der Waals surface area contributed by atoms with Gasteiger partial charge < -0.3 is 9.47 Å². The number of benzene rings is 2. The summed E-state index contributed by atoms with van der Waals surface area (Å²) in [5, 5.41) is 0. The molecule has 0 fully saturated rings. The highest BCUT2D eigenvalue weighted by Crippen LogP contribution is 2.31. The molecule has 0 saturated heterocycles. The lowest BCUT2D eigenvalue weighted by Crippen LogP contribution is -1.92. The average Bonchev–Trinajstić information content (AvgIpc) is 2.76. The molecule has 0 amide bonds. The number of carbonyl (C=O) groups is 1. The molecule has 3 heteroatoms. The number of cyclic esters (lactones) is 1. The summed E-state index contributed by atoms with van der Waals surface area (Å²) in [5.41, 5.74) is 2.37. The predicted octanol–water partition coefficient (Wildman–Crippen LogP) is 3.36. The van der Waals surface area contributed by atoms with Gasteiger partial charge in [-0.15, -0.1) is 0 Å². The van der Waals surface area contributed by atoms with E-state index in [0.29, 0.717) is 11.3 Å². The fourth-order valence-electron chi connectivity index (χ4n) is 2.08. The van der Waals surface area contributed by atoms with E-state index in [4.69, 9.17) is 9.47 Å². The van der Waals surface area contributed by atoms with E-state index < -0.39 is 0 Å². The summed E-state index contributed by atoms with van der Waals surface area (Å²) in [5.74, 6) is 1.05. The van der Waals surface area contributed by atoms with Gasteiger partial charge in [-0.3, -0.25) is 0 Å². The smallest absolute Gasteiger partial charge is 0.344 e. The van der Waals surface area contributed by atoms with Gasteiger partial charge >= 0.3 is 5.97 Å². The SMILES string of the molecule is COc1cccc(/C=C2\OC(=O)c3ccccc32)c1. The second kappa shape index (κ2) is 4.61. The van der Waals surface area contributed by atoms with Gasteiger partial charge in [-0.1, -0.05) is 30.3 Å². The molecular formula is C16H12O3. The molecule has 0 spiro atoms. The molecule has 1 aliphatic heterocycles. The average molecular weight is 252 g/mol. The first-order valence-corrected chi connectivity index (χ1v) is 5.95. The molecule has 0 unspecified atom stereocenters. The van der Waals surface area contributed by atoms with Crippen LogP contribution in [0.1, 0.15) is 21.5 Å². The second-order valence-corrected chi connectivity index (χ2v) is 4.22. The monoisotopic (exact) mass is 252 g/mol. The van der Waals surface area contributed by atoms with Crippen molar-refractivity contribution in [1.29, 1.82) is 0 Å². The number of esters is 1. The van der Waals surface area contributed by atoms with E-state index in [1.54, 1.807) is 13.2 Å². The topological polar surface area (TPSA) is 35.5 Å². The standard InChI is InChI=1S/C16H12O3/c1-18-12-6-4-5-11(9-12)10-15-13-7-2-3-8-14(13)16(17)19-15/h2-10H,1H3/b15-10-. The summed E-state index contributed by atoms with van der Waals surface area (Å²) >= 11 is 0. The molecule has 19 heavy (non-hydrogen) atoms. The molecule has 2 aromatic carbocycles. The van der Waals surface area contributed by atoms with Crippen molar-refractivity contribution in [3.8, 4) is 5.75 Å². The molecule has 0 atom stereocenters. The molecule has 0 radical (unpaired) electrons. The van der Waals surface area contributed by atoms with E-state index in [0.717, 1.165) is 16.9 Å². The first-order chi connectivity index (χ1) is 9.28. The van der Waals surface area contributed by atoms with Crippen molar-refractivity contribution in [3.05, 3.63) is 65.2 Å². The Labute approximate surface area is 111 Å². The largest absolute Gasteiger partial charge is 0.497 e. The molecule has 0 aromatic heterocycles. The number of carbonyl (C=O) groups excluding carboxylic acids is 1. The van der Waals surface area contributed by atoms with E-state index in [2.05, 4.69) is 0 Å². The summed E-state index contributed by atoms with van der Waals surface area (Å²) in [6, 6.07) is 15.0. The Morgan fingerprint density at radius 1 is 1.05 bits per heavy atom. The minimum atomic E-state index is -0.301. The van der Waals surface area contributed by atoms with Gasteiger partial charge in [-0.05, 0) is 29.8 Å². The molecule has 0 saturated carbocycles. The van der Waals surface area contributed by atoms with Gasteiger partial charge in [0.15, 0.2) is 0 Å². The highest BCUT2D eigenvalue weighted by Gasteiger charge is 2.25. The van der Waals surface area contributed by atoms with E-state index in [9.17, 15) is 4.79 Å². The second-order valence-electron chi connectivity index (χ2n) is 4.22. The van der Waals surface area contributed by atoms with Crippen molar-refractivity contribution >= 4 is 17.8 Å². The van der Waals surface area contributed by atoms with Crippen LogP contribution in [0, 0.1) is 0 Å². The van der Waals surface area contributed by atoms with E-state index in [-0.39, 0.29) is 5.97 Å². The van der Waals surface area contributed by atoms with Crippen LogP contribution in [-0.4, -0.2) is 13.1 Å². The minimum absolute atomic E-state index is 0.301. The van der Waals surface area contributed by atoms with Gasteiger partial charge in [0.2, 0.25) is 0 Å². The third kappa shape index (κ3) is 2.10. The fourth-order valence-corrected chi connectivity index (χ4v) is 2.08. The Hall–Kier alpha value is -2.55. The Bertz CT molecular complexity index is 671. The predicted molar refractivity (Wildman–Crippen MR) is 72.7 cm³/mol. The van der Waals surface area contributed by atoms with Crippen molar-refractivity contribution in [1.82, 2.24) is 0 Å². The summed E-state index contributed by atoms with van der Waals surface area (Å²) < 4.78 is 10.5. The van der Waals surface area contributed by atoms with Crippen molar-refractivity contribution in [3.63, 3.8) is 0 Å². The Kier molecular flexibility index (Phi) is 2.80. The lowest BCUT2D eigenvalue weighted by molar-refractivity contribution is 0.0717. The fraction of sp³-hybridized carbons (Fsp3) is 0.0625. The quantitative estimate of drug-likeness (QED) is 0.769. The molecular weight excluding hydrogens is 240 g/mol. The minimum Gasteiger partial charge on any atom is -0.497 e. The lowest BCUT2D eigenvalue weighted by Gasteiger charge is -2.02. The zero-order chi connectivity index (χ0) is 13.2. The van der Waals surface area contributed by atoms with Crippen molar-refractivity contribution < 1.29 is 14.3 Å². The van der Waals surface area contributed by atoms with Crippen LogP contribution in [0.15, 0.2) is 48.5 Å². The number of hydrogen-bond acceptors (Lipinski definition) is 3. The number of rotatable bonds is 2. The Balaban J connectivity index is 2.03. The van der Waals surface area contributed by atoms with Crippen LogP contribution in [0.25, 0.3) is 11.8 Å². The van der Waals surface area contributed by atoms with E-state index in [1.807, 2.05) is 48.5 Å². The van der Waals surface area contributed by atoms with E-state index >= 15 is 0 Å². The first-order valence-electron chi connectivity index (χ1n) is 5.95. The zero-order valence-corrected chi connectivity index (χ0v) is 10.4. The van der Waals surface area contributed by atoms with E-state index in [1.165, 1.54) is 0 Å². The highest BCUT2D eigenvalue weighted by atomic mass is 16.5. The number of ether oxygens (including phenoxy) is 2. The van der Waals surface area contributed by atoms with Gasteiger partial charge in [0.25, 0.3) is 0 Å². The van der Waals surface area contributed by atoms with Gasteiger partial charge in [-0.25, -0.2) is 4.79 Å². The van der Waals surface area contributed by atoms with Crippen molar-refractivity contribution in [2.45, 2.75) is 0 Å². The van der Waals surface area contributed by atoms with Crippen LogP contribution in [0.4, 0.5) is 0 Å². The maximum atomic E-state index is 11.7. The molecule has 0 N–H and O–H groups in total. The Morgan fingerprint density at radius 2 is 1.84 bits per heavy atom. The van der Waals surface area contributed by atoms with Gasteiger partial charge in [0, 0.05) is 5.56 Å². The summed E-state index contributed by atoms with van der Waals surface area (Å²) in [4.78, 5) is 11.7. The molecule has 0 aliphatic carbocycles. The summed E-state index contributed by atoms with van der Waals surface area (Å²) in [6.07, 6.45) is 1.84. The number of methoxy groups -OCH3 is 1. The van der Waals surface area contributed by atoms with Gasteiger partial charge in [-0.2, -0.15) is 0 Å². The molecule has 2 aromatic rings. The maximum absolute atomic E-state index is 11.7. The van der Waals surface area contributed by atoms with Crippen LogP contribution in [0.3, 0.4) is 0 Å². The van der Waals surface area contributed by atoms with Crippen LogP contribution >= 0.6 is 0 Å². The van der Waals surface area contributed by atoms with Crippen LogP contribution in [0.2, 0.25) is 0 Å². The number of hydrogen-bond donors (Lipinski definition) is 0. The molecule has 3 nitrogen and oxygen atoms in total. The van der Waals surface area contributed by atoms with Crippen molar-refractivity contribution in [2.24, 2.45) is 0 Å². The normalized spacial score (nSPS) is 15.2. The molecule has 1 aliphatic rings. The first kappa shape index (κ1) is 11.5. The van der Waals surface area contributed by atoms with Crippen LogP contribution < -0.4 is 4.74 Å². The number of fused-ring (bicyclic) bond motifs is 1. The van der Waals surface area contributed by atoms with Gasteiger partial charge in [0.1, 0.15) is 11.5 Å². The van der Waals surface area contributed by atoms with Gasteiger partial charge in [0.05, 0.1) is 12.7 Å². The summed E-state index contributed by atoms with van der Waals surface area (Å²) in [7, 11) is 1.62. The van der Waals surface area contributed by atoms with Crippen LogP contribution in [0.5, 0.6) is 5.75 Å². The Morgan fingerprint density at radius 3 is 2.63 bits per heavy atom. The zero-order valence-electron chi connectivity index (χ0n) is 10.4. The lowest BCUT2D eigenvalue weighted by atomic mass is 10.1.